The van der Waals surface area contributed by atoms with Crippen molar-refractivity contribution in [1.82, 2.24) is 20.4 Å². The Hall–Kier alpha value is -2.41. The molecule has 0 unspecified atom stereocenters. The molecular weight excluding hydrogens is 388 g/mol. The Bertz CT molecular complexity index is 833. The normalized spacial score (nSPS) is 15.1. The van der Waals surface area contributed by atoms with Gasteiger partial charge in [-0.3, -0.25) is 14.5 Å². The van der Waals surface area contributed by atoms with Gasteiger partial charge in [-0.15, -0.1) is 0 Å². The third-order valence-corrected chi connectivity index (χ3v) is 5.37. The molecule has 1 heterocycles. The van der Waals surface area contributed by atoms with Crippen LogP contribution in [0.15, 0.2) is 48.5 Å². The minimum Gasteiger partial charge on any atom is -0.350 e. The van der Waals surface area contributed by atoms with Crippen LogP contribution in [-0.2, 0) is 17.9 Å². The molecule has 0 aliphatic carbocycles. The molecule has 29 heavy (non-hydrogen) atoms. The van der Waals surface area contributed by atoms with Gasteiger partial charge in [0, 0.05) is 39.3 Å². The molecule has 154 valence electrons. The SMILES string of the molecule is CN1CCN(Cc2ccc(CNC(=O)CNC(=O)c3ccccc3Cl)cc2)CC1. The molecule has 1 aliphatic heterocycles. The van der Waals surface area contributed by atoms with E-state index in [1.54, 1.807) is 24.3 Å². The van der Waals surface area contributed by atoms with Crippen LogP contribution in [0.1, 0.15) is 21.5 Å². The Labute approximate surface area is 176 Å². The number of carbonyl (C=O) groups is 2. The van der Waals surface area contributed by atoms with Crippen molar-refractivity contribution in [2.24, 2.45) is 0 Å². The fraction of sp³-hybridized carbons (Fsp3) is 0.364. The number of likely N-dealkylation sites (N-methyl/N-ethyl adjacent to an activating group) is 1. The smallest absolute Gasteiger partial charge is 0.253 e. The Morgan fingerprint density at radius 2 is 1.59 bits per heavy atom. The van der Waals surface area contributed by atoms with Gasteiger partial charge < -0.3 is 15.5 Å². The molecule has 1 fully saturated rings. The molecule has 0 spiro atoms. The summed E-state index contributed by atoms with van der Waals surface area (Å²) >= 11 is 5.99. The van der Waals surface area contributed by atoms with E-state index in [0.29, 0.717) is 17.1 Å². The van der Waals surface area contributed by atoms with Gasteiger partial charge in [0.25, 0.3) is 5.91 Å². The maximum Gasteiger partial charge on any atom is 0.253 e. The summed E-state index contributed by atoms with van der Waals surface area (Å²) in [6.45, 7) is 5.69. The summed E-state index contributed by atoms with van der Waals surface area (Å²) in [5.74, 6) is -0.606. The van der Waals surface area contributed by atoms with E-state index in [1.807, 2.05) is 12.1 Å². The first-order valence-electron chi connectivity index (χ1n) is 9.79. The number of hydrogen-bond acceptors (Lipinski definition) is 4. The lowest BCUT2D eigenvalue weighted by atomic mass is 10.1. The van der Waals surface area contributed by atoms with Crippen LogP contribution in [-0.4, -0.2) is 61.4 Å². The van der Waals surface area contributed by atoms with E-state index in [1.165, 1.54) is 5.56 Å². The van der Waals surface area contributed by atoms with Crippen molar-refractivity contribution >= 4 is 23.4 Å². The van der Waals surface area contributed by atoms with E-state index in [9.17, 15) is 9.59 Å². The number of hydrogen-bond donors (Lipinski definition) is 2. The van der Waals surface area contributed by atoms with Gasteiger partial charge in [0.1, 0.15) is 0 Å². The number of nitrogens with zero attached hydrogens (tertiary/aromatic N) is 2. The van der Waals surface area contributed by atoms with Crippen molar-refractivity contribution < 1.29 is 9.59 Å². The van der Waals surface area contributed by atoms with Crippen molar-refractivity contribution in [2.75, 3.05) is 39.8 Å². The van der Waals surface area contributed by atoms with Crippen molar-refractivity contribution in [3.8, 4) is 0 Å². The van der Waals surface area contributed by atoms with Gasteiger partial charge >= 0.3 is 0 Å². The summed E-state index contributed by atoms with van der Waals surface area (Å²) in [4.78, 5) is 28.9. The van der Waals surface area contributed by atoms with Crippen LogP contribution in [0, 0.1) is 0 Å². The van der Waals surface area contributed by atoms with Crippen LogP contribution in [0.4, 0.5) is 0 Å². The maximum atomic E-state index is 12.1. The molecule has 0 bridgehead atoms. The molecule has 3 rings (SSSR count). The predicted molar refractivity (Wildman–Crippen MR) is 115 cm³/mol. The highest BCUT2D eigenvalue weighted by molar-refractivity contribution is 6.33. The maximum absolute atomic E-state index is 12.1. The number of amides is 2. The van der Waals surface area contributed by atoms with Gasteiger partial charge in [-0.05, 0) is 30.3 Å². The van der Waals surface area contributed by atoms with Gasteiger partial charge in [-0.2, -0.15) is 0 Å². The van der Waals surface area contributed by atoms with E-state index in [-0.39, 0.29) is 18.4 Å². The minimum absolute atomic E-state index is 0.0917. The van der Waals surface area contributed by atoms with Gasteiger partial charge in [-0.1, -0.05) is 48.0 Å². The zero-order chi connectivity index (χ0) is 20.6. The highest BCUT2D eigenvalue weighted by atomic mass is 35.5. The molecule has 2 N–H and O–H groups in total. The van der Waals surface area contributed by atoms with Gasteiger partial charge in [0.2, 0.25) is 5.91 Å². The monoisotopic (exact) mass is 414 g/mol. The third-order valence-electron chi connectivity index (χ3n) is 5.04. The molecule has 0 saturated carbocycles. The molecule has 2 aromatic carbocycles. The Morgan fingerprint density at radius 1 is 0.931 bits per heavy atom. The molecule has 0 atom stereocenters. The fourth-order valence-corrected chi connectivity index (χ4v) is 3.41. The van der Waals surface area contributed by atoms with Crippen molar-refractivity contribution in [2.45, 2.75) is 13.1 Å². The average molecular weight is 415 g/mol. The Balaban J connectivity index is 1.40. The van der Waals surface area contributed by atoms with Crippen LogP contribution in [0.25, 0.3) is 0 Å². The van der Waals surface area contributed by atoms with Crippen molar-refractivity contribution in [3.63, 3.8) is 0 Å². The molecule has 1 saturated heterocycles. The second-order valence-corrected chi connectivity index (χ2v) is 7.74. The van der Waals surface area contributed by atoms with Crippen LogP contribution < -0.4 is 10.6 Å². The van der Waals surface area contributed by atoms with E-state index in [2.05, 4.69) is 39.6 Å². The minimum atomic E-state index is -0.362. The second kappa shape index (κ2) is 10.4. The molecule has 0 aromatic heterocycles. The first-order chi connectivity index (χ1) is 14.0. The number of halogens is 1. The van der Waals surface area contributed by atoms with Crippen LogP contribution in [0.3, 0.4) is 0 Å². The molecular formula is C22H27ClN4O2. The zero-order valence-electron chi connectivity index (χ0n) is 16.7. The molecule has 1 aliphatic rings. The molecule has 6 nitrogen and oxygen atoms in total. The Morgan fingerprint density at radius 3 is 2.28 bits per heavy atom. The molecule has 2 aromatic rings. The van der Waals surface area contributed by atoms with E-state index < -0.39 is 0 Å². The summed E-state index contributed by atoms with van der Waals surface area (Å²) < 4.78 is 0. The molecule has 2 amide bonds. The van der Waals surface area contributed by atoms with Crippen molar-refractivity contribution in [1.29, 1.82) is 0 Å². The third kappa shape index (κ3) is 6.56. The quantitative estimate of drug-likeness (QED) is 0.728. The first kappa shape index (κ1) is 21.3. The van der Waals surface area contributed by atoms with E-state index in [0.717, 1.165) is 38.3 Å². The lowest BCUT2D eigenvalue weighted by Crippen LogP contribution is -2.43. The second-order valence-electron chi connectivity index (χ2n) is 7.34. The lowest BCUT2D eigenvalue weighted by molar-refractivity contribution is -0.120. The van der Waals surface area contributed by atoms with E-state index >= 15 is 0 Å². The van der Waals surface area contributed by atoms with Gasteiger partial charge in [-0.25, -0.2) is 0 Å². The number of piperazine rings is 1. The summed E-state index contributed by atoms with van der Waals surface area (Å²) in [7, 11) is 2.16. The number of benzene rings is 2. The Kier molecular flexibility index (Phi) is 7.63. The van der Waals surface area contributed by atoms with Crippen LogP contribution >= 0.6 is 11.6 Å². The standard InChI is InChI=1S/C22H27ClN4O2/c1-26-10-12-27(13-11-26)16-18-8-6-17(7-9-18)14-24-21(28)15-25-22(29)19-4-2-3-5-20(19)23/h2-9H,10-16H2,1H3,(H,24,28)(H,25,29). The molecule has 0 radical (unpaired) electrons. The van der Waals surface area contributed by atoms with Gasteiger partial charge in [0.15, 0.2) is 0 Å². The zero-order valence-corrected chi connectivity index (χ0v) is 17.4. The largest absolute Gasteiger partial charge is 0.350 e. The topological polar surface area (TPSA) is 64.7 Å². The van der Waals surface area contributed by atoms with Crippen LogP contribution in [0.5, 0.6) is 0 Å². The highest BCUT2D eigenvalue weighted by Crippen LogP contribution is 2.14. The first-order valence-corrected chi connectivity index (χ1v) is 10.2. The highest BCUT2D eigenvalue weighted by Gasteiger charge is 2.14. The predicted octanol–water partition coefficient (Wildman–Crippen LogP) is 2.13. The summed E-state index contributed by atoms with van der Waals surface area (Å²) in [5, 5.41) is 5.78. The van der Waals surface area contributed by atoms with Gasteiger partial charge in [0.05, 0.1) is 17.1 Å². The lowest BCUT2D eigenvalue weighted by Gasteiger charge is -2.32. The van der Waals surface area contributed by atoms with E-state index in [4.69, 9.17) is 11.6 Å². The summed E-state index contributed by atoms with van der Waals surface area (Å²) in [6, 6.07) is 15.0. The van der Waals surface area contributed by atoms with Crippen molar-refractivity contribution in [3.05, 3.63) is 70.2 Å². The molecule has 7 heteroatoms. The summed E-state index contributed by atoms with van der Waals surface area (Å²) in [6.07, 6.45) is 0. The average Bonchev–Trinajstić information content (AvgIpc) is 2.73. The van der Waals surface area contributed by atoms with Crippen LogP contribution in [0.2, 0.25) is 5.02 Å². The number of rotatable bonds is 7. The summed E-state index contributed by atoms with van der Waals surface area (Å²) in [5.41, 5.74) is 2.66. The number of nitrogens with one attached hydrogen (secondary N) is 2. The number of carbonyl (C=O) groups excluding carboxylic acids is 2. The fourth-order valence-electron chi connectivity index (χ4n) is 3.19.